The Kier molecular flexibility index (Phi) is 4.44. The standard InChI is InChI=1S/C17H23NO3/c1-2-20-17(19)13-7-9-18(10-8-13)11-14-12-21-16-6-4-3-5-15(14)16/h3-6,13-14H,2,7-12H2,1H3. The zero-order valence-electron chi connectivity index (χ0n) is 12.6. The molecule has 0 bridgehead atoms. The first-order valence-electron chi connectivity index (χ1n) is 7.88. The molecule has 2 aliphatic heterocycles. The molecule has 1 saturated heterocycles. The Bertz CT molecular complexity index is 495. The van der Waals surface area contributed by atoms with Crippen LogP contribution in [-0.2, 0) is 9.53 Å². The number of carbonyl (C=O) groups excluding carboxylic acids is 1. The van der Waals surface area contributed by atoms with Gasteiger partial charge in [0, 0.05) is 18.0 Å². The van der Waals surface area contributed by atoms with Crippen molar-refractivity contribution in [1.82, 2.24) is 4.90 Å². The number of rotatable bonds is 4. The van der Waals surface area contributed by atoms with Crippen LogP contribution in [0.1, 0.15) is 31.2 Å². The van der Waals surface area contributed by atoms with Crippen LogP contribution in [0.5, 0.6) is 5.75 Å². The third-order valence-electron chi connectivity index (χ3n) is 4.48. The average Bonchev–Trinajstić information content (AvgIpc) is 2.92. The fraction of sp³-hybridized carbons (Fsp3) is 0.588. The molecule has 1 aromatic rings. The van der Waals surface area contributed by atoms with E-state index in [4.69, 9.17) is 9.47 Å². The number of piperidine rings is 1. The van der Waals surface area contributed by atoms with Gasteiger partial charge in [-0.05, 0) is 38.9 Å². The first-order valence-corrected chi connectivity index (χ1v) is 7.88. The molecule has 2 heterocycles. The second-order valence-corrected chi connectivity index (χ2v) is 5.87. The van der Waals surface area contributed by atoms with Gasteiger partial charge in [-0.2, -0.15) is 0 Å². The minimum Gasteiger partial charge on any atom is -0.493 e. The maximum atomic E-state index is 11.8. The summed E-state index contributed by atoms with van der Waals surface area (Å²) in [4.78, 5) is 14.2. The number of esters is 1. The van der Waals surface area contributed by atoms with Crippen molar-refractivity contribution in [2.45, 2.75) is 25.7 Å². The molecular formula is C17H23NO3. The molecule has 0 N–H and O–H groups in total. The molecule has 114 valence electrons. The van der Waals surface area contributed by atoms with Crippen LogP contribution < -0.4 is 4.74 Å². The first kappa shape index (κ1) is 14.4. The molecule has 1 aromatic carbocycles. The number of carbonyl (C=O) groups is 1. The van der Waals surface area contributed by atoms with Gasteiger partial charge in [-0.25, -0.2) is 0 Å². The number of nitrogens with zero attached hydrogens (tertiary/aromatic N) is 1. The molecule has 21 heavy (non-hydrogen) atoms. The van der Waals surface area contributed by atoms with Crippen molar-refractivity contribution in [3.8, 4) is 5.75 Å². The van der Waals surface area contributed by atoms with Crippen molar-refractivity contribution in [3.05, 3.63) is 29.8 Å². The van der Waals surface area contributed by atoms with Crippen LogP contribution >= 0.6 is 0 Å². The fourth-order valence-electron chi connectivity index (χ4n) is 3.30. The smallest absolute Gasteiger partial charge is 0.309 e. The molecule has 4 nitrogen and oxygen atoms in total. The number of hydrogen-bond donors (Lipinski definition) is 0. The highest BCUT2D eigenvalue weighted by atomic mass is 16.5. The summed E-state index contributed by atoms with van der Waals surface area (Å²) in [7, 11) is 0. The van der Waals surface area contributed by atoms with E-state index < -0.39 is 0 Å². The van der Waals surface area contributed by atoms with E-state index in [0.717, 1.165) is 44.8 Å². The number of hydrogen-bond acceptors (Lipinski definition) is 4. The van der Waals surface area contributed by atoms with E-state index >= 15 is 0 Å². The highest BCUT2D eigenvalue weighted by Gasteiger charge is 2.30. The van der Waals surface area contributed by atoms with Crippen LogP contribution in [-0.4, -0.2) is 43.7 Å². The molecule has 0 aromatic heterocycles. The summed E-state index contributed by atoms with van der Waals surface area (Å²) in [6.45, 7) is 6.09. The van der Waals surface area contributed by atoms with Gasteiger partial charge in [0.05, 0.1) is 19.1 Å². The summed E-state index contributed by atoms with van der Waals surface area (Å²) in [5, 5.41) is 0. The molecule has 1 unspecified atom stereocenters. The molecule has 1 fully saturated rings. The van der Waals surface area contributed by atoms with Crippen molar-refractivity contribution in [1.29, 1.82) is 0 Å². The van der Waals surface area contributed by atoms with Gasteiger partial charge in [0.15, 0.2) is 0 Å². The van der Waals surface area contributed by atoms with Crippen molar-refractivity contribution in [2.24, 2.45) is 5.92 Å². The van der Waals surface area contributed by atoms with Gasteiger partial charge in [-0.1, -0.05) is 18.2 Å². The summed E-state index contributed by atoms with van der Waals surface area (Å²) >= 11 is 0. The van der Waals surface area contributed by atoms with Gasteiger partial charge in [-0.3, -0.25) is 4.79 Å². The van der Waals surface area contributed by atoms with Gasteiger partial charge in [0.25, 0.3) is 0 Å². The minimum absolute atomic E-state index is 0.0216. The van der Waals surface area contributed by atoms with E-state index in [0.29, 0.717) is 12.5 Å². The van der Waals surface area contributed by atoms with Crippen LogP contribution in [0.4, 0.5) is 0 Å². The van der Waals surface area contributed by atoms with Crippen LogP contribution in [0.25, 0.3) is 0 Å². The number of para-hydroxylation sites is 1. The molecule has 0 saturated carbocycles. The lowest BCUT2D eigenvalue weighted by Gasteiger charge is -2.32. The zero-order chi connectivity index (χ0) is 14.7. The largest absolute Gasteiger partial charge is 0.493 e. The van der Waals surface area contributed by atoms with E-state index in [1.54, 1.807) is 0 Å². The predicted molar refractivity (Wildman–Crippen MR) is 80.5 cm³/mol. The third-order valence-corrected chi connectivity index (χ3v) is 4.48. The van der Waals surface area contributed by atoms with Crippen LogP contribution in [0.2, 0.25) is 0 Å². The first-order chi connectivity index (χ1) is 10.3. The monoisotopic (exact) mass is 289 g/mol. The SMILES string of the molecule is CCOC(=O)C1CCN(CC2COc3ccccc32)CC1. The van der Waals surface area contributed by atoms with E-state index in [1.807, 2.05) is 19.1 Å². The Morgan fingerprint density at radius 1 is 1.33 bits per heavy atom. The van der Waals surface area contributed by atoms with Gasteiger partial charge >= 0.3 is 5.97 Å². The minimum atomic E-state index is -0.0216. The van der Waals surface area contributed by atoms with Crippen molar-refractivity contribution in [3.63, 3.8) is 0 Å². The van der Waals surface area contributed by atoms with E-state index in [1.165, 1.54) is 5.56 Å². The van der Waals surface area contributed by atoms with E-state index in [2.05, 4.69) is 17.0 Å². The van der Waals surface area contributed by atoms with Crippen molar-refractivity contribution >= 4 is 5.97 Å². The molecule has 0 radical (unpaired) electrons. The molecule has 2 aliphatic rings. The summed E-state index contributed by atoms with van der Waals surface area (Å²) < 4.78 is 10.9. The number of ether oxygens (including phenoxy) is 2. The summed E-state index contributed by atoms with van der Waals surface area (Å²) in [5.41, 5.74) is 1.32. The van der Waals surface area contributed by atoms with Crippen LogP contribution in [0.3, 0.4) is 0 Å². The fourth-order valence-corrected chi connectivity index (χ4v) is 3.30. The molecule has 0 aliphatic carbocycles. The number of benzene rings is 1. The molecule has 3 rings (SSSR count). The highest BCUT2D eigenvalue weighted by molar-refractivity contribution is 5.72. The Hall–Kier alpha value is -1.55. The highest BCUT2D eigenvalue weighted by Crippen LogP contribution is 2.34. The summed E-state index contributed by atoms with van der Waals surface area (Å²) in [6, 6.07) is 8.31. The summed E-state index contributed by atoms with van der Waals surface area (Å²) in [6.07, 6.45) is 1.82. The van der Waals surface area contributed by atoms with Gasteiger partial charge in [-0.15, -0.1) is 0 Å². The second kappa shape index (κ2) is 6.48. The van der Waals surface area contributed by atoms with Crippen LogP contribution in [0.15, 0.2) is 24.3 Å². The van der Waals surface area contributed by atoms with E-state index in [9.17, 15) is 4.79 Å². The molecular weight excluding hydrogens is 266 g/mol. The maximum absolute atomic E-state index is 11.8. The van der Waals surface area contributed by atoms with Gasteiger partial charge in [0.2, 0.25) is 0 Å². The van der Waals surface area contributed by atoms with E-state index in [-0.39, 0.29) is 11.9 Å². The van der Waals surface area contributed by atoms with Crippen molar-refractivity contribution in [2.75, 3.05) is 32.8 Å². The average molecular weight is 289 g/mol. The number of fused-ring (bicyclic) bond motifs is 1. The third kappa shape index (κ3) is 3.21. The lowest BCUT2D eigenvalue weighted by atomic mass is 9.95. The number of likely N-dealkylation sites (tertiary alicyclic amines) is 1. The molecule has 1 atom stereocenters. The van der Waals surface area contributed by atoms with Gasteiger partial charge in [0.1, 0.15) is 5.75 Å². The Labute approximate surface area is 126 Å². The Morgan fingerprint density at radius 3 is 2.86 bits per heavy atom. The lowest BCUT2D eigenvalue weighted by Crippen LogP contribution is -2.39. The normalized spacial score (nSPS) is 22.6. The Morgan fingerprint density at radius 2 is 2.10 bits per heavy atom. The summed E-state index contributed by atoms with van der Waals surface area (Å²) in [5.74, 6) is 1.56. The Balaban J connectivity index is 1.51. The molecule has 4 heteroatoms. The quantitative estimate of drug-likeness (QED) is 0.798. The second-order valence-electron chi connectivity index (χ2n) is 5.87. The van der Waals surface area contributed by atoms with Crippen molar-refractivity contribution < 1.29 is 14.3 Å². The van der Waals surface area contributed by atoms with Crippen LogP contribution in [0, 0.1) is 5.92 Å². The topological polar surface area (TPSA) is 38.8 Å². The molecule has 0 amide bonds. The lowest BCUT2D eigenvalue weighted by molar-refractivity contribution is -0.149. The molecule has 0 spiro atoms. The predicted octanol–water partition coefficient (Wildman–Crippen LogP) is 2.44. The van der Waals surface area contributed by atoms with Gasteiger partial charge < -0.3 is 14.4 Å². The zero-order valence-corrected chi connectivity index (χ0v) is 12.6. The maximum Gasteiger partial charge on any atom is 0.309 e.